The number of nitrogens with zero attached hydrogens (tertiary/aromatic N) is 6. The Balaban J connectivity index is 1.41. The molecule has 1 atom stereocenters. The van der Waals surface area contributed by atoms with Gasteiger partial charge in [-0.05, 0) is 31.9 Å². The minimum absolute atomic E-state index is 0.0993. The molecule has 4 heterocycles. The molecule has 0 aromatic carbocycles. The molecule has 1 fully saturated rings. The molecule has 4 rings (SSSR count). The highest BCUT2D eigenvalue weighted by Crippen LogP contribution is 2.29. The van der Waals surface area contributed by atoms with Gasteiger partial charge in [0.15, 0.2) is 5.82 Å². The predicted octanol–water partition coefficient (Wildman–Crippen LogP) is 3.00. The van der Waals surface area contributed by atoms with Crippen molar-refractivity contribution in [2.45, 2.75) is 38.5 Å². The second kappa shape index (κ2) is 8.93. The summed E-state index contributed by atoms with van der Waals surface area (Å²) in [4.78, 5) is 24.3. The van der Waals surface area contributed by atoms with Crippen molar-refractivity contribution in [1.82, 2.24) is 29.9 Å². The lowest BCUT2D eigenvalue weighted by Crippen LogP contribution is -2.45. The van der Waals surface area contributed by atoms with Gasteiger partial charge in [0.25, 0.3) is 0 Å². The van der Waals surface area contributed by atoms with Crippen molar-refractivity contribution in [1.29, 1.82) is 0 Å². The highest BCUT2D eigenvalue weighted by molar-refractivity contribution is 5.79. The first kappa shape index (κ1) is 21.7. The zero-order valence-electron chi connectivity index (χ0n) is 17.3. The van der Waals surface area contributed by atoms with E-state index >= 15 is 0 Å². The van der Waals surface area contributed by atoms with Crippen LogP contribution in [0.5, 0.6) is 5.88 Å². The summed E-state index contributed by atoms with van der Waals surface area (Å²) in [6.07, 6.45) is 0.549. The Hall–Kier alpha value is -3.50. The molecule has 0 aliphatic carbocycles. The van der Waals surface area contributed by atoms with Gasteiger partial charge in [0, 0.05) is 30.1 Å². The fraction of sp³-hybridized carbons (Fsp3) is 0.381. The molecule has 0 N–H and O–H groups in total. The van der Waals surface area contributed by atoms with E-state index in [2.05, 4.69) is 20.2 Å². The summed E-state index contributed by atoms with van der Waals surface area (Å²) >= 11 is 0. The number of rotatable bonds is 5. The average molecular weight is 446 g/mol. The number of carbonyl (C=O) groups excluding carboxylic acids is 1. The third kappa shape index (κ3) is 5.04. The van der Waals surface area contributed by atoms with Gasteiger partial charge in [-0.3, -0.25) is 4.79 Å². The lowest BCUT2D eigenvalue weighted by Gasteiger charge is -2.32. The first-order chi connectivity index (χ1) is 15.3. The van der Waals surface area contributed by atoms with Crippen LogP contribution in [0.1, 0.15) is 29.7 Å². The highest BCUT2D eigenvalue weighted by Gasteiger charge is 2.31. The summed E-state index contributed by atoms with van der Waals surface area (Å²) in [6.45, 7) is 2.75. The molecule has 8 nitrogen and oxygen atoms in total. The minimum atomic E-state index is -4.45. The Labute approximate surface area is 182 Å². The molecule has 1 saturated heterocycles. The number of alkyl halides is 3. The van der Waals surface area contributed by atoms with Crippen molar-refractivity contribution in [3.8, 4) is 11.7 Å². The average Bonchev–Trinajstić information content (AvgIpc) is 3.30. The maximum atomic E-state index is 13.0. The Morgan fingerprint density at radius 2 is 1.97 bits per heavy atom. The van der Waals surface area contributed by atoms with Crippen LogP contribution < -0.4 is 4.74 Å². The zero-order valence-corrected chi connectivity index (χ0v) is 17.3. The Bertz CT molecular complexity index is 1070. The molecule has 1 aliphatic heterocycles. The molecule has 0 spiro atoms. The van der Waals surface area contributed by atoms with E-state index in [0.717, 1.165) is 24.4 Å². The number of aryl methyl sites for hydroxylation is 1. The lowest BCUT2D eigenvalue weighted by molar-refractivity contribution is -0.138. The normalized spacial score (nSPS) is 16.8. The number of hydrogen-bond donors (Lipinski definition) is 0. The fourth-order valence-electron chi connectivity index (χ4n) is 3.53. The molecule has 0 bridgehead atoms. The Morgan fingerprint density at radius 3 is 2.66 bits per heavy atom. The smallest absolute Gasteiger partial charge is 0.417 e. The van der Waals surface area contributed by atoms with Crippen molar-refractivity contribution in [3.05, 3.63) is 59.7 Å². The number of halogens is 3. The maximum absolute atomic E-state index is 13.0. The van der Waals surface area contributed by atoms with Crippen LogP contribution in [0.25, 0.3) is 5.82 Å². The van der Waals surface area contributed by atoms with Gasteiger partial charge in [0.05, 0.1) is 30.9 Å². The van der Waals surface area contributed by atoms with E-state index in [1.54, 1.807) is 4.90 Å². The van der Waals surface area contributed by atoms with Crippen LogP contribution in [-0.4, -0.2) is 55.0 Å². The van der Waals surface area contributed by atoms with Crippen molar-refractivity contribution in [2.75, 3.05) is 13.1 Å². The Kier molecular flexibility index (Phi) is 6.06. The largest absolute Gasteiger partial charge is 0.472 e. The summed E-state index contributed by atoms with van der Waals surface area (Å²) < 4.78 is 43.8. The number of ether oxygens (including phenoxy) is 1. The predicted molar refractivity (Wildman–Crippen MR) is 107 cm³/mol. The molecular weight excluding hydrogens is 425 g/mol. The molecule has 1 amide bonds. The summed E-state index contributed by atoms with van der Waals surface area (Å²) in [5.74, 6) is 0.506. The van der Waals surface area contributed by atoms with Crippen LogP contribution in [0.3, 0.4) is 0 Å². The quantitative estimate of drug-likeness (QED) is 0.599. The number of pyridine rings is 2. The SMILES string of the molecule is Cc1ccc(CC(=O)N2CCC[C@@H](Oc3ccc(C(F)(F)F)cn3)C2)c(-n2nccn2)n1. The molecule has 1 aliphatic rings. The number of hydrogen-bond acceptors (Lipinski definition) is 6. The van der Waals surface area contributed by atoms with Crippen molar-refractivity contribution >= 4 is 5.91 Å². The molecule has 32 heavy (non-hydrogen) atoms. The summed E-state index contributed by atoms with van der Waals surface area (Å²) in [5, 5.41) is 8.22. The van der Waals surface area contributed by atoms with Crippen molar-refractivity contribution < 1.29 is 22.7 Å². The maximum Gasteiger partial charge on any atom is 0.417 e. The van der Waals surface area contributed by atoms with E-state index in [9.17, 15) is 18.0 Å². The van der Waals surface area contributed by atoms with Gasteiger partial charge in [-0.15, -0.1) is 4.80 Å². The molecular formula is C21H21F3N6O2. The number of amides is 1. The number of piperidine rings is 1. The van der Waals surface area contributed by atoms with Crippen LogP contribution in [0.4, 0.5) is 13.2 Å². The van der Waals surface area contributed by atoms with Crippen LogP contribution in [0.15, 0.2) is 42.9 Å². The fourth-order valence-corrected chi connectivity index (χ4v) is 3.53. The van der Waals surface area contributed by atoms with Gasteiger partial charge in [0.2, 0.25) is 11.8 Å². The van der Waals surface area contributed by atoms with E-state index in [0.29, 0.717) is 30.9 Å². The lowest BCUT2D eigenvalue weighted by atomic mass is 10.1. The summed E-state index contributed by atoms with van der Waals surface area (Å²) in [6, 6.07) is 5.80. The van der Waals surface area contributed by atoms with Crippen LogP contribution in [0.2, 0.25) is 0 Å². The third-order valence-corrected chi connectivity index (χ3v) is 5.13. The van der Waals surface area contributed by atoms with Gasteiger partial charge < -0.3 is 9.64 Å². The number of carbonyl (C=O) groups is 1. The van der Waals surface area contributed by atoms with Crippen molar-refractivity contribution in [2.24, 2.45) is 0 Å². The van der Waals surface area contributed by atoms with E-state index in [-0.39, 0.29) is 24.3 Å². The zero-order chi connectivity index (χ0) is 22.7. The number of likely N-dealkylation sites (tertiary alicyclic amines) is 1. The molecule has 0 unspecified atom stereocenters. The molecule has 0 saturated carbocycles. The minimum Gasteiger partial charge on any atom is -0.472 e. The molecule has 0 radical (unpaired) electrons. The summed E-state index contributed by atoms with van der Waals surface area (Å²) in [5.41, 5.74) is 0.646. The first-order valence-electron chi connectivity index (χ1n) is 10.1. The monoisotopic (exact) mass is 446 g/mol. The Morgan fingerprint density at radius 1 is 1.19 bits per heavy atom. The van der Waals surface area contributed by atoms with Crippen LogP contribution in [0, 0.1) is 6.92 Å². The summed E-state index contributed by atoms with van der Waals surface area (Å²) in [7, 11) is 0. The van der Waals surface area contributed by atoms with E-state index < -0.39 is 11.7 Å². The van der Waals surface area contributed by atoms with Crippen LogP contribution >= 0.6 is 0 Å². The second-order valence-corrected chi connectivity index (χ2v) is 7.54. The van der Waals surface area contributed by atoms with E-state index in [1.807, 2.05) is 19.1 Å². The molecule has 3 aromatic heterocycles. The van der Waals surface area contributed by atoms with Crippen molar-refractivity contribution in [3.63, 3.8) is 0 Å². The second-order valence-electron chi connectivity index (χ2n) is 7.54. The van der Waals surface area contributed by atoms with Gasteiger partial charge in [0.1, 0.15) is 6.10 Å². The van der Waals surface area contributed by atoms with E-state index in [1.165, 1.54) is 23.3 Å². The highest BCUT2D eigenvalue weighted by atomic mass is 19.4. The molecule has 168 valence electrons. The van der Waals surface area contributed by atoms with Gasteiger partial charge in [-0.25, -0.2) is 9.97 Å². The topological polar surface area (TPSA) is 86.0 Å². The van der Waals surface area contributed by atoms with Crippen LogP contribution in [-0.2, 0) is 17.4 Å². The molecule has 11 heteroatoms. The van der Waals surface area contributed by atoms with Gasteiger partial charge in [-0.2, -0.15) is 23.4 Å². The third-order valence-electron chi connectivity index (χ3n) is 5.13. The van der Waals surface area contributed by atoms with Gasteiger partial charge in [-0.1, -0.05) is 6.07 Å². The number of aromatic nitrogens is 5. The molecule has 3 aromatic rings. The van der Waals surface area contributed by atoms with Gasteiger partial charge >= 0.3 is 6.18 Å². The first-order valence-corrected chi connectivity index (χ1v) is 10.1. The standard InChI is InChI=1S/C21H21F3N6O2/c1-14-4-5-15(20(28-14)30-26-8-9-27-30)11-19(31)29-10-2-3-17(13-29)32-18-7-6-16(12-25-18)21(22,23)24/h4-9,12,17H,2-3,10-11,13H2,1H3/t17-/m1/s1. The van der Waals surface area contributed by atoms with E-state index in [4.69, 9.17) is 4.74 Å².